The molecule has 0 aliphatic carbocycles. The molecule has 0 aromatic carbocycles. The molecule has 0 N–H and O–H groups in total. The molecule has 0 amide bonds. The van der Waals surface area contributed by atoms with Crippen LogP contribution in [0.15, 0.2) is 0 Å². The molecule has 0 rings (SSSR count). The second-order valence-corrected chi connectivity index (χ2v) is 3.11. The van der Waals surface area contributed by atoms with Crippen molar-refractivity contribution in [3.63, 3.8) is 0 Å². The zero-order chi connectivity index (χ0) is 9.56. The van der Waals surface area contributed by atoms with Gasteiger partial charge in [-0.2, -0.15) is 0 Å². The lowest BCUT2D eigenvalue weighted by Crippen LogP contribution is -2.18. The average molecular weight is 175 g/mol. The van der Waals surface area contributed by atoms with Crippen LogP contribution >= 0.6 is 0 Å². The number of hydrogen-bond acceptors (Lipinski definition) is 3. The highest BCUT2D eigenvalue weighted by atomic mass is 17.0. The van der Waals surface area contributed by atoms with Crippen molar-refractivity contribution in [3.8, 4) is 0 Å². The lowest BCUT2D eigenvalue weighted by atomic mass is 10.00. The Bertz CT molecular complexity index is 138. The third-order valence-corrected chi connectivity index (χ3v) is 2.05. The molecule has 4 heteroatoms. The fraction of sp³-hybridized carbons (Fsp3) is 1.00. The van der Waals surface area contributed by atoms with Gasteiger partial charge in [-0.05, 0) is 18.8 Å². The summed E-state index contributed by atoms with van der Waals surface area (Å²) in [6.07, 6.45) is 2.28. The standard InChI is InChI=1S/C8H17NO3/c1-4-7(3)6-8(5-2)12-9(10)11/h7-8H,4-6H2,1-3H3. The molecule has 0 radical (unpaired) electrons. The van der Waals surface area contributed by atoms with Gasteiger partial charge < -0.3 is 4.84 Å². The minimum Gasteiger partial charge on any atom is -0.311 e. The SMILES string of the molecule is CCC(C)CC(CC)O[N+](=O)[O-]. The number of rotatable bonds is 6. The van der Waals surface area contributed by atoms with Gasteiger partial charge in [-0.3, -0.25) is 0 Å². The van der Waals surface area contributed by atoms with Crippen molar-refractivity contribution < 1.29 is 9.92 Å². The summed E-state index contributed by atoms with van der Waals surface area (Å²) in [5, 5.41) is 9.32. The molecule has 12 heavy (non-hydrogen) atoms. The molecule has 0 aromatic rings. The van der Waals surface area contributed by atoms with E-state index in [4.69, 9.17) is 0 Å². The van der Waals surface area contributed by atoms with Gasteiger partial charge in [-0.1, -0.05) is 27.2 Å². The lowest BCUT2D eigenvalue weighted by molar-refractivity contribution is -0.769. The molecule has 2 atom stereocenters. The first-order valence-electron chi connectivity index (χ1n) is 4.41. The summed E-state index contributed by atoms with van der Waals surface area (Å²) in [5.74, 6) is 0.495. The van der Waals surface area contributed by atoms with Gasteiger partial charge in [0.05, 0.1) is 0 Å². The monoisotopic (exact) mass is 175 g/mol. The van der Waals surface area contributed by atoms with Crippen LogP contribution < -0.4 is 0 Å². The zero-order valence-corrected chi connectivity index (χ0v) is 7.95. The van der Waals surface area contributed by atoms with Crippen molar-refractivity contribution in [1.82, 2.24) is 0 Å². The third kappa shape index (κ3) is 4.93. The minimum atomic E-state index is -0.698. The molecule has 0 aliphatic rings. The van der Waals surface area contributed by atoms with Crippen molar-refractivity contribution in [2.24, 2.45) is 5.92 Å². The first kappa shape index (κ1) is 11.2. The van der Waals surface area contributed by atoms with Gasteiger partial charge in [0.25, 0.3) is 5.09 Å². The predicted octanol–water partition coefficient (Wildman–Crippen LogP) is 2.41. The van der Waals surface area contributed by atoms with E-state index in [2.05, 4.69) is 18.7 Å². The average Bonchev–Trinajstić information content (AvgIpc) is 2.02. The summed E-state index contributed by atoms with van der Waals surface area (Å²) in [4.78, 5) is 14.5. The van der Waals surface area contributed by atoms with E-state index in [-0.39, 0.29) is 6.10 Å². The number of hydrogen-bond donors (Lipinski definition) is 0. The maximum atomic E-state index is 10.0. The highest BCUT2D eigenvalue weighted by Gasteiger charge is 2.13. The van der Waals surface area contributed by atoms with Crippen LogP contribution in [0.2, 0.25) is 0 Å². The Kier molecular flexibility index (Phi) is 5.41. The molecule has 72 valence electrons. The molecule has 4 nitrogen and oxygen atoms in total. The molecule has 0 bridgehead atoms. The van der Waals surface area contributed by atoms with Crippen LogP contribution in [0.1, 0.15) is 40.0 Å². The summed E-state index contributed by atoms with van der Waals surface area (Å²) in [5.41, 5.74) is 0. The summed E-state index contributed by atoms with van der Waals surface area (Å²) < 4.78 is 0. The molecule has 0 heterocycles. The minimum absolute atomic E-state index is 0.227. The van der Waals surface area contributed by atoms with Crippen LogP contribution in [0.5, 0.6) is 0 Å². The third-order valence-electron chi connectivity index (χ3n) is 2.05. The molecule has 0 aromatic heterocycles. The Morgan fingerprint density at radius 2 is 2.00 bits per heavy atom. The van der Waals surface area contributed by atoms with E-state index >= 15 is 0 Å². The topological polar surface area (TPSA) is 52.4 Å². The van der Waals surface area contributed by atoms with Gasteiger partial charge in [0.15, 0.2) is 0 Å². The van der Waals surface area contributed by atoms with Crippen LogP contribution in [0, 0.1) is 16.0 Å². The summed E-state index contributed by atoms with van der Waals surface area (Å²) in [7, 11) is 0. The Morgan fingerprint density at radius 3 is 2.33 bits per heavy atom. The maximum Gasteiger partial charge on any atom is 0.294 e. The van der Waals surface area contributed by atoms with Crippen molar-refractivity contribution in [1.29, 1.82) is 0 Å². The quantitative estimate of drug-likeness (QED) is 0.460. The Morgan fingerprint density at radius 1 is 1.42 bits per heavy atom. The van der Waals surface area contributed by atoms with Crippen molar-refractivity contribution >= 4 is 0 Å². The van der Waals surface area contributed by atoms with E-state index in [9.17, 15) is 10.1 Å². The summed E-state index contributed by atoms with van der Waals surface area (Å²) >= 11 is 0. The van der Waals surface area contributed by atoms with Gasteiger partial charge in [-0.15, -0.1) is 10.1 Å². The highest BCUT2D eigenvalue weighted by Crippen LogP contribution is 2.14. The van der Waals surface area contributed by atoms with E-state index in [0.29, 0.717) is 12.3 Å². The molecule has 0 saturated carbocycles. The zero-order valence-electron chi connectivity index (χ0n) is 7.95. The lowest BCUT2D eigenvalue weighted by Gasteiger charge is -2.16. The van der Waals surface area contributed by atoms with E-state index in [1.807, 2.05) is 6.92 Å². The molecule has 0 spiro atoms. The smallest absolute Gasteiger partial charge is 0.294 e. The summed E-state index contributed by atoms with van der Waals surface area (Å²) in [6.45, 7) is 6.05. The van der Waals surface area contributed by atoms with Gasteiger partial charge >= 0.3 is 0 Å². The summed E-state index contributed by atoms with van der Waals surface area (Å²) in [6, 6.07) is 0. The highest BCUT2D eigenvalue weighted by molar-refractivity contribution is 4.58. The van der Waals surface area contributed by atoms with Crippen LogP contribution in [0.25, 0.3) is 0 Å². The second-order valence-electron chi connectivity index (χ2n) is 3.11. The Balaban J connectivity index is 3.74. The second kappa shape index (κ2) is 5.80. The van der Waals surface area contributed by atoms with Gasteiger partial charge in [0.1, 0.15) is 6.10 Å². The predicted molar refractivity (Wildman–Crippen MR) is 46.2 cm³/mol. The van der Waals surface area contributed by atoms with Crippen molar-refractivity contribution in [3.05, 3.63) is 10.1 Å². The molecule has 0 fully saturated rings. The maximum absolute atomic E-state index is 10.0. The molecular formula is C8H17NO3. The molecule has 2 unspecified atom stereocenters. The number of nitrogens with zero attached hydrogens (tertiary/aromatic N) is 1. The van der Waals surface area contributed by atoms with Gasteiger partial charge in [-0.25, -0.2) is 0 Å². The Labute approximate surface area is 73.0 Å². The van der Waals surface area contributed by atoms with E-state index in [0.717, 1.165) is 12.8 Å². The van der Waals surface area contributed by atoms with Crippen LogP contribution in [0.4, 0.5) is 0 Å². The first-order valence-corrected chi connectivity index (χ1v) is 4.41. The van der Waals surface area contributed by atoms with Crippen LogP contribution in [0.3, 0.4) is 0 Å². The van der Waals surface area contributed by atoms with Crippen LogP contribution in [-0.2, 0) is 4.84 Å². The van der Waals surface area contributed by atoms with Crippen LogP contribution in [-0.4, -0.2) is 11.2 Å². The fourth-order valence-electron chi connectivity index (χ4n) is 1.02. The van der Waals surface area contributed by atoms with Gasteiger partial charge in [0.2, 0.25) is 0 Å². The largest absolute Gasteiger partial charge is 0.311 e. The van der Waals surface area contributed by atoms with Gasteiger partial charge in [0, 0.05) is 0 Å². The van der Waals surface area contributed by atoms with E-state index < -0.39 is 5.09 Å². The van der Waals surface area contributed by atoms with Crippen molar-refractivity contribution in [2.45, 2.75) is 46.1 Å². The Hall–Kier alpha value is -0.800. The molecular weight excluding hydrogens is 158 g/mol. The van der Waals surface area contributed by atoms with E-state index in [1.165, 1.54) is 0 Å². The molecule has 0 saturated heterocycles. The fourth-order valence-corrected chi connectivity index (χ4v) is 1.02. The first-order chi connectivity index (χ1) is 5.60. The van der Waals surface area contributed by atoms with Crippen molar-refractivity contribution in [2.75, 3.05) is 0 Å². The normalized spacial score (nSPS) is 15.2. The molecule has 0 aliphatic heterocycles. The van der Waals surface area contributed by atoms with E-state index in [1.54, 1.807) is 0 Å².